The van der Waals surface area contributed by atoms with Gasteiger partial charge in [0.15, 0.2) is 0 Å². The second kappa shape index (κ2) is 6.26. The molecule has 2 aromatic rings. The molecule has 0 spiro atoms. The molecule has 0 nitrogen and oxygen atoms in total. The summed E-state index contributed by atoms with van der Waals surface area (Å²) in [5.74, 6) is 0.897. The zero-order valence-corrected chi connectivity index (χ0v) is 12.4. The maximum absolute atomic E-state index is 2.34. The van der Waals surface area contributed by atoms with E-state index in [1.165, 1.54) is 60.8 Å². The van der Waals surface area contributed by atoms with Gasteiger partial charge in [0.1, 0.15) is 0 Å². The first kappa shape index (κ1) is 13.4. The van der Waals surface area contributed by atoms with Crippen LogP contribution in [0.4, 0.5) is 0 Å². The van der Waals surface area contributed by atoms with Gasteiger partial charge in [0.2, 0.25) is 0 Å². The molecule has 0 heterocycles. The maximum Gasteiger partial charge on any atom is -0.0149 e. The fraction of sp³-hybridized carbons (Fsp3) is 0.400. The van der Waals surface area contributed by atoms with Crippen LogP contribution in [-0.2, 0) is 12.8 Å². The van der Waals surface area contributed by atoms with Crippen LogP contribution in [0.5, 0.6) is 0 Å². The summed E-state index contributed by atoms with van der Waals surface area (Å²) in [6, 6.07) is 18.0. The van der Waals surface area contributed by atoms with Gasteiger partial charge in [-0.15, -0.1) is 0 Å². The van der Waals surface area contributed by atoms with Gasteiger partial charge in [-0.25, -0.2) is 0 Å². The van der Waals surface area contributed by atoms with Gasteiger partial charge in [0.05, 0.1) is 0 Å². The minimum Gasteiger partial charge on any atom is -0.0651 e. The van der Waals surface area contributed by atoms with Crippen molar-refractivity contribution in [1.29, 1.82) is 0 Å². The van der Waals surface area contributed by atoms with Crippen LogP contribution in [0, 0.1) is 5.92 Å². The topological polar surface area (TPSA) is 0 Å². The predicted octanol–water partition coefficient (Wildman–Crippen LogP) is 5.65. The van der Waals surface area contributed by atoms with Gasteiger partial charge >= 0.3 is 0 Å². The minimum absolute atomic E-state index is 0.897. The normalized spacial score (nSPS) is 18.9. The third-order valence-electron chi connectivity index (χ3n) is 4.78. The highest BCUT2D eigenvalue weighted by Gasteiger charge is 2.14. The Morgan fingerprint density at radius 1 is 0.800 bits per heavy atom. The van der Waals surface area contributed by atoms with Crippen LogP contribution < -0.4 is 0 Å². The second-order valence-electron chi connectivity index (χ2n) is 6.02. The minimum atomic E-state index is 0.897. The van der Waals surface area contributed by atoms with Crippen LogP contribution in [0.25, 0.3) is 11.1 Å². The van der Waals surface area contributed by atoms with E-state index in [4.69, 9.17) is 0 Å². The summed E-state index contributed by atoms with van der Waals surface area (Å²) in [5.41, 5.74) is 5.97. The van der Waals surface area contributed by atoms with Gasteiger partial charge in [0, 0.05) is 0 Å². The Bertz CT molecular complexity index is 568. The van der Waals surface area contributed by atoms with Crippen LogP contribution in [0.1, 0.15) is 43.7 Å². The van der Waals surface area contributed by atoms with Crippen molar-refractivity contribution in [1.82, 2.24) is 0 Å². The fourth-order valence-electron chi connectivity index (χ4n) is 3.50. The van der Waals surface area contributed by atoms with Crippen LogP contribution >= 0.6 is 0 Å². The standard InChI is InChI=1S/C20H24/c1-2-16-8-7-11-17-9-3-5-12-19(17)20-13-6-4-10-18(20)15-14-16/h3-6,9-10,12-13,16H,2,7-8,11,14-15H2,1H3. The third kappa shape index (κ3) is 2.80. The van der Waals surface area contributed by atoms with Crippen molar-refractivity contribution in [3.8, 4) is 11.1 Å². The Morgan fingerprint density at radius 2 is 1.40 bits per heavy atom. The molecule has 20 heavy (non-hydrogen) atoms. The Balaban J connectivity index is 2.04. The van der Waals surface area contributed by atoms with Crippen molar-refractivity contribution in [3.63, 3.8) is 0 Å². The Labute approximate surface area is 122 Å². The summed E-state index contributed by atoms with van der Waals surface area (Å²) >= 11 is 0. The quantitative estimate of drug-likeness (QED) is 0.624. The molecule has 0 saturated heterocycles. The van der Waals surface area contributed by atoms with E-state index < -0.39 is 0 Å². The first-order valence-corrected chi connectivity index (χ1v) is 8.04. The highest BCUT2D eigenvalue weighted by atomic mass is 14.2. The predicted molar refractivity (Wildman–Crippen MR) is 86.9 cm³/mol. The lowest BCUT2D eigenvalue weighted by atomic mass is 9.85. The van der Waals surface area contributed by atoms with Crippen LogP contribution in [0.3, 0.4) is 0 Å². The highest BCUT2D eigenvalue weighted by molar-refractivity contribution is 5.70. The van der Waals surface area contributed by atoms with Gasteiger partial charge in [-0.3, -0.25) is 0 Å². The Kier molecular flexibility index (Phi) is 4.20. The smallest absolute Gasteiger partial charge is 0.0149 e. The molecule has 0 saturated carbocycles. The van der Waals surface area contributed by atoms with E-state index >= 15 is 0 Å². The molecule has 0 fully saturated rings. The van der Waals surface area contributed by atoms with Gasteiger partial charge in [0.25, 0.3) is 0 Å². The van der Waals surface area contributed by atoms with Crippen molar-refractivity contribution in [2.45, 2.75) is 45.4 Å². The first-order valence-electron chi connectivity index (χ1n) is 8.04. The molecule has 0 heteroatoms. The van der Waals surface area contributed by atoms with Crippen molar-refractivity contribution in [2.24, 2.45) is 5.92 Å². The molecular formula is C20H24. The van der Waals surface area contributed by atoms with Crippen LogP contribution in [0.2, 0.25) is 0 Å². The lowest BCUT2D eigenvalue weighted by Crippen LogP contribution is -2.05. The molecule has 0 aromatic heterocycles. The van der Waals surface area contributed by atoms with Crippen molar-refractivity contribution >= 4 is 0 Å². The Hall–Kier alpha value is -1.56. The molecule has 0 amide bonds. The number of benzene rings is 2. The van der Waals surface area contributed by atoms with E-state index in [0.29, 0.717) is 0 Å². The average molecular weight is 264 g/mol. The summed E-state index contributed by atoms with van der Waals surface area (Å²) in [7, 11) is 0. The van der Waals surface area contributed by atoms with E-state index in [0.717, 1.165) is 5.92 Å². The van der Waals surface area contributed by atoms with E-state index in [1.54, 1.807) is 0 Å². The van der Waals surface area contributed by atoms with Gasteiger partial charge < -0.3 is 0 Å². The SMILES string of the molecule is CCC1CCCc2ccccc2-c2ccccc2CC1. The molecule has 0 aliphatic heterocycles. The van der Waals surface area contributed by atoms with Gasteiger partial charge in [-0.1, -0.05) is 68.3 Å². The molecule has 0 bridgehead atoms. The molecule has 3 rings (SSSR count). The lowest BCUT2D eigenvalue weighted by molar-refractivity contribution is 0.423. The molecule has 2 aromatic carbocycles. The summed E-state index contributed by atoms with van der Waals surface area (Å²) in [4.78, 5) is 0. The second-order valence-corrected chi connectivity index (χ2v) is 6.02. The number of fused-ring (bicyclic) bond motifs is 3. The van der Waals surface area contributed by atoms with Crippen molar-refractivity contribution < 1.29 is 0 Å². The van der Waals surface area contributed by atoms with E-state index in [9.17, 15) is 0 Å². The van der Waals surface area contributed by atoms with E-state index in [1.807, 2.05) is 0 Å². The average Bonchev–Trinajstić information content (AvgIpc) is 2.51. The number of hydrogen-bond donors (Lipinski definition) is 0. The van der Waals surface area contributed by atoms with Crippen molar-refractivity contribution in [2.75, 3.05) is 0 Å². The molecule has 1 unspecified atom stereocenters. The van der Waals surface area contributed by atoms with Gasteiger partial charge in [-0.05, 0) is 53.9 Å². The molecule has 104 valence electrons. The van der Waals surface area contributed by atoms with Crippen LogP contribution in [-0.4, -0.2) is 0 Å². The lowest BCUT2D eigenvalue weighted by Gasteiger charge is -2.20. The van der Waals surface area contributed by atoms with E-state index in [-0.39, 0.29) is 0 Å². The summed E-state index contributed by atoms with van der Waals surface area (Å²) in [5, 5.41) is 0. The number of rotatable bonds is 1. The van der Waals surface area contributed by atoms with E-state index in [2.05, 4.69) is 55.5 Å². The molecule has 0 N–H and O–H groups in total. The molecule has 1 atom stereocenters. The molecular weight excluding hydrogens is 240 g/mol. The molecule has 1 aliphatic rings. The summed E-state index contributed by atoms with van der Waals surface area (Å²) in [6.45, 7) is 2.34. The van der Waals surface area contributed by atoms with Gasteiger partial charge in [-0.2, -0.15) is 0 Å². The summed E-state index contributed by atoms with van der Waals surface area (Å²) < 4.78 is 0. The van der Waals surface area contributed by atoms with Crippen LogP contribution in [0.15, 0.2) is 48.5 Å². The summed E-state index contributed by atoms with van der Waals surface area (Å²) in [6.07, 6.45) is 7.83. The Morgan fingerprint density at radius 3 is 2.05 bits per heavy atom. The third-order valence-corrected chi connectivity index (χ3v) is 4.78. The number of aryl methyl sites for hydroxylation is 2. The molecule has 1 aliphatic carbocycles. The zero-order chi connectivity index (χ0) is 13.8. The monoisotopic (exact) mass is 264 g/mol. The number of hydrogen-bond acceptors (Lipinski definition) is 0. The largest absolute Gasteiger partial charge is 0.0651 e. The zero-order valence-electron chi connectivity index (χ0n) is 12.4. The van der Waals surface area contributed by atoms with Crippen molar-refractivity contribution in [3.05, 3.63) is 59.7 Å². The first-order chi connectivity index (χ1) is 9.88. The maximum atomic E-state index is 2.34. The fourth-order valence-corrected chi connectivity index (χ4v) is 3.50. The highest BCUT2D eigenvalue weighted by Crippen LogP contribution is 2.32. The molecule has 0 radical (unpaired) electrons.